The average Bonchev–Trinajstić information content (AvgIpc) is 3.04. The van der Waals surface area contributed by atoms with E-state index in [2.05, 4.69) is 0 Å². The molecule has 0 saturated heterocycles. The van der Waals surface area contributed by atoms with Gasteiger partial charge in [-0.05, 0) is 47.9 Å². The fourth-order valence-corrected chi connectivity index (χ4v) is 5.44. The molecule has 2 heterocycles. The van der Waals surface area contributed by atoms with Crippen molar-refractivity contribution in [1.29, 1.82) is 0 Å². The standard InChI is InChI=1S/C30H30N2O10/c1-9-12(2)30(39)42-11-17-18-15(22(33)13(3)27(40-7)25(18)36)10-16-19-20(23(34)14(4)28(41-8)26(19)37)24(35)21(31(5)6)29(38)32(16)17/h9-10,17,21H,11H2,1-8H3/b12-9-/t17-,21?/m0/s1. The Hall–Kier alpha value is -4.71. The summed E-state index contributed by atoms with van der Waals surface area (Å²) in [6.07, 6.45) is 2.66. The number of ketones is 5. The zero-order valence-electron chi connectivity index (χ0n) is 24.5. The number of allylic oxidation sites excluding steroid dienone is 8. The Labute approximate surface area is 241 Å². The number of nitrogens with zero attached hydrogens (tertiary/aromatic N) is 2. The Morgan fingerprint density at radius 1 is 0.905 bits per heavy atom. The number of ether oxygens (including phenoxy) is 3. The molecule has 0 aromatic carbocycles. The number of carbonyl (C=O) groups excluding carboxylic acids is 7. The van der Waals surface area contributed by atoms with Crippen molar-refractivity contribution in [2.75, 3.05) is 34.9 Å². The predicted octanol–water partition coefficient (Wildman–Crippen LogP) is 0.841. The number of methoxy groups -OCH3 is 2. The zero-order valence-corrected chi connectivity index (χ0v) is 24.5. The van der Waals surface area contributed by atoms with E-state index in [-0.39, 0.29) is 45.1 Å². The van der Waals surface area contributed by atoms with E-state index in [0.717, 1.165) is 11.0 Å². The quantitative estimate of drug-likeness (QED) is 0.145. The molecule has 0 saturated carbocycles. The summed E-state index contributed by atoms with van der Waals surface area (Å²) >= 11 is 0. The molecule has 0 fully saturated rings. The van der Waals surface area contributed by atoms with Crippen molar-refractivity contribution in [3.05, 3.63) is 68.4 Å². The summed E-state index contributed by atoms with van der Waals surface area (Å²) in [4.78, 5) is 97.8. The van der Waals surface area contributed by atoms with Gasteiger partial charge < -0.3 is 14.2 Å². The summed E-state index contributed by atoms with van der Waals surface area (Å²) in [7, 11) is 5.28. The average molecular weight is 579 g/mol. The minimum atomic E-state index is -1.60. The topological polar surface area (TPSA) is 154 Å². The summed E-state index contributed by atoms with van der Waals surface area (Å²) in [5, 5.41) is 0. The highest BCUT2D eigenvalue weighted by Crippen LogP contribution is 2.43. The Balaban J connectivity index is 2.08. The van der Waals surface area contributed by atoms with Crippen LogP contribution in [0, 0.1) is 0 Å². The monoisotopic (exact) mass is 578 g/mol. The van der Waals surface area contributed by atoms with Crippen molar-refractivity contribution in [1.82, 2.24) is 9.80 Å². The fourth-order valence-electron chi connectivity index (χ4n) is 5.44. The van der Waals surface area contributed by atoms with Gasteiger partial charge in [-0.1, -0.05) is 6.08 Å². The SMILES string of the molecule is C/C=C(/C)C(=O)OC[C@H]1C2=C(C=C3C4=C(C(=O)C(C)=C(OC)C4=O)C(=O)C(N(C)C)C(=O)N31)C(=O)C(C)=C(OC)C2=O. The molecule has 2 aliphatic carbocycles. The lowest BCUT2D eigenvalue weighted by Gasteiger charge is -2.40. The second kappa shape index (κ2) is 10.9. The van der Waals surface area contributed by atoms with Gasteiger partial charge in [-0.2, -0.15) is 0 Å². The normalized spacial score (nSPS) is 23.3. The van der Waals surface area contributed by atoms with E-state index >= 15 is 0 Å². The van der Waals surface area contributed by atoms with Gasteiger partial charge >= 0.3 is 5.97 Å². The lowest BCUT2D eigenvalue weighted by Crippen LogP contribution is -2.56. The molecule has 4 aliphatic rings. The molecule has 0 aromatic rings. The van der Waals surface area contributed by atoms with Crippen molar-refractivity contribution in [3.63, 3.8) is 0 Å². The van der Waals surface area contributed by atoms with Gasteiger partial charge in [0.2, 0.25) is 11.6 Å². The Morgan fingerprint density at radius 3 is 2.02 bits per heavy atom. The highest BCUT2D eigenvalue weighted by molar-refractivity contribution is 6.40. The van der Waals surface area contributed by atoms with Crippen molar-refractivity contribution in [2.45, 2.75) is 39.8 Å². The molecule has 12 heteroatoms. The summed E-state index contributed by atoms with van der Waals surface area (Å²) in [6, 6.07) is -3.06. The van der Waals surface area contributed by atoms with Gasteiger partial charge in [0.15, 0.2) is 34.9 Å². The summed E-state index contributed by atoms with van der Waals surface area (Å²) in [5.41, 5.74) is -1.55. The number of hydrogen-bond donors (Lipinski definition) is 0. The number of amides is 1. The molecule has 0 bridgehead atoms. The molecule has 0 N–H and O–H groups in total. The summed E-state index contributed by atoms with van der Waals surface area (Å²) in [5.74, 6) is -6.24. The number of carbonyl (C=O) groups is 7. The number of esters is 1. The molecule has 12 nitrogen and oxygen atoms in total. The lowest BCUT2D eigenvalue weighted by atomic mass is 9.79. The number of likely N-dealkylation sites (N-methyl/N-ethyl adjacent to an activating group) is 1. The predicted molar refractivity (Wildman–Crippen MR) is 145 cm³/mol. The first-order valence-electron chi connectivity index (χ1n) is 13.0. The van der Waals surface area contributed by atoms with E-state index in [4.69, 9.17) is 14.2 Å². The molecule has 4 rings (SSSR count). The van der Waals surface area contributed by atoms with E-state index in [1.54, 1.807) is 6.92 Å². The maximum Gasteiger partial charge on any atom is 0.333 e. The number of fused-ring (bicyclic) bond motifs is 2. The Morgan fingerprint density at radius 2 is 1.48 bits per heavy atom. The van der Waals surface area contributed by atoms with Crippen LogP contribution in [0.2, 0.25) is 0 Å². The third-order valence-electron chi connectivity index (χ3n) is 7.72. The number of rotatable bonds is 6. The van der Waals surface area contributed by atoms with Crippen LogP contribution in [-0.2, 0) is 47.8 Å². The number of Topliss-reactive ketones (excluding diaryl/α,β-unsaturated/α-hetero) is 5. The van der Waals surface area contributed by atoms with E-state index in [1.165, 1.54) is 60.1 Å². The Bertz CT molecular complexity index is 1590. The minimum absolute atomic E-state index is 0.0252. The van der Waals surface area contributed by atoms with Crippen molar-refractivity contribution < 1.29 is 47.8 Å². The molecule has 1 amide bonds. The van der Waals surface area contributed by atoms with Crippen LogP contribution in [0.25, 0.3) is 0 Å². The number of hydrogen-bond acceptors (Lipinski definition) is 11. The highest BCUT2D eigenvalue weighted by Gasteiger charge is 2.54. The van der Waals surface area contributed by atoms with Crippen molar-refractivity contribution in [3.8, 4) is 0 Å². The fraction of sp³-hybridized carbons (Fsp3) is 0.367. The van der Waals surface area contributed by atoms with Crippen LogP contribution in [-0.4, -0.2) is 97.6 Å². The molecule has 2 aliphatic heterocycles. The third-order valence-corrected chi connectivity index (χ3v) is 7.72. The zero-order chi connectivity index (χ0) is 31.4. The van der Waals surface area contributed by atoms with Crippen LogP contribution in [0.3, 0.4) is 0 Å². The van der Waals surface area contributed by atoms with Gasteiger partial charge in [-0.25, -0.2) is 4.79 Å². The lowest BCUT2D eigenvalue weighted by molar-refractivity contribution is -0.146. The smallest absolute Gasteiger partial charge is 0.333 e. The molecule has 2 atom stereocenters. The van der Waals surface area contributed by atoms with Crippen molar-refractivity contribution >= 4 is 40.8 Å². The molecular weight excluding hydrogens is 548 g/mol. The van der Waals surface area contributed by atoms with Gasteiger partial charge in [0.25, 0.3) is 5.91 Å². The molecular formula is C30H30N2O10. The molecule has 42 heavy (non-hydrogen) atoms. The third kappa shape index (κ3) is 4.30. The van der Waals surface area contributed by atoms with Crippen LogP contribution in [0.15, 0.2) is 68.4 Å². The summed E-state index contributed by atoms with van der Waals surface area (Å²) in [6.45, 7) is 5.22. The van der Waals surface area contributed by atoms with Crippen LogP contribution < -0.4 is 0 Å². The largest absolute Gasteiger partial charge is 0.492 e. The first kappa shape index (κ1) is 30.3. The summed E-state index contributed by atoms with van der Waals surface area (Å²) < 4.78 is 15.9. The van der Waals surface area contributed by atoms with Crippen molar-refractivity contribution in [2.24, 2.45) is 0 Å². The van der Waals surface area contributed by atoms with Crippen LogP contribution in [0.5, 0.6) is 0 Å². The van der Waals surface area contributed by atoms with Gasteiger partial charge in [-0.3, -0.25) is 38.6 Å². The van der Waals surface area contributed by atoms with Gasteiger partial charge in [0.1, 0.15) is 12.6 Å². The minimum Gasteiger partial charge on any atom is -0.492 e. The van der Waals surface area contributed by atoms with E-state index in [0.29, 0.717) is 0 Å². The maximum atomic E-state index is 14.3. The van der Waals surface area contributed by atoms with E-state index < -0.39 is 70.6 Å². The van der Waals surface area contributed by atoms with Gasteiger partial charge in [0, 0.05) is 27.9 Å². The van der Waals surface area contributed by atoms with Crippen LogP contribution >= 0.6 is 0 Å². The highest BCUT2D eigenvalue weighted by atomic mass is 16.5. The molecule has 1 unspecified atom stereocenters. The second-order valence-electron chi connectivity index (χ2n) is 10.3. The molecule has 0 radical (unpaired) electrons. The molecule has 0 spiro atoms. The van der Waals surface area contributed by atoms with Crippen LogP contribution in [0.4, 0.5) is 0 Å². The van der Waals surface area contributed by atoms with Crippen LogP contribution in [0.1, 0.15) is 27.7 Å². The van der Waals surface area contributed by atoms with E-state index in [9.17, 15) is 33.6 Å². The second-order valence-corrected chi connectivity index (χ2v) is 10.3. The van der Waals surface area contributed by atoms with Gasteiger partial charge in [-0.15, -0.1) is 0 Å². The first-order chi connectivity index (χ1) is 19.7. The van der Waals surface area contributed by atoms with Gasteiger partial charge in [0.05, 0.1) is 31.1 Å². The van der Waals surface area contributed by atoms with E-state index in [1.807, 2.05) is 0 Å². The Kier molecular flexibility index (Phi) is 7.88. The maximum absolute atomic E-state index is 14.3. The first-order valence-corrected chi connectivity index (χ1v) is 13.0. The molecule has 220 valence electrons. The molecule has 0 aromatic heterocycles.